The predicted molar refractivity (Wildman–Crippen MR) is 43.5 cm³/mol. The Hall–Kier alpha value is 0.270. The monoisotopic (exact) mass is 159 g/mol. The molecular formula is C7H13NOS. The second-order valence-electron chi connectivity index (χ2n) is 2.82. The Morgan fingerprint density at radius 3 is 3.20 bits per heavy atom. The van der Waals surface area contributed by atoms with Crippen LogP contribution >= 0.6 is 11.8 Å². The summed E-state index contributed by atoms with van der Waals surface area (Å²) in [5.74, 6) is 1.23. The zero-order valence-electron chi connectivity index (χ0n) is 6.01. The summed E-state index contributed by atoms with van der Waals surface area (Å²) < 4.78 is 5.60. The maximum atomic E-state index is 5.60. The lowest BCUT2D eigenvalue weighted by Crippen LogP contribution is -2.44. The van der Waals surface area contributed by atoms with Gasteiger partial charge in [0.2, 0.25) is 0 Å². The fourth-order valence-corrected chi connectivity index (χ4v) is 2.47. The summed E-state index contributed by atoms with van der Waals surface area (Å²) in [5, 5.41) is 4.13. The molecule has 0 spiro atoms. The molecule has 0 bridgehead atoms. The highest BCUT2D eigenvalue weighted by molar-refractivity contribution is 8.01. The number of hydrogen-bond donors (Lipinski definition) is 1. The van der Waals surface area contributed by atoms with Gasteiger partial charge in [-0.3, -0.25) is 0 Å². The zero-order valence-corrected chi connectivity index (χ0v) is 6.82. The van der Waals surface area contributed by atoms with Crippen molar-refractivity contribution in [1.29, 1.82) is 0 Å². The lowest BCUT2D eigenvalue weighted by molar-refractivity contribution is 0.0515. The van der Waals surface area contributed by atoms with Gasteiger partial charge in [-0.15, -0.1) is 0 Å². The van der Waals surface area contributed by atoms with Crippen molar-refractivity contribution in [3.05, 3.63) is 0 Å². The number of thioether (sulfide) groups is 1. The van der Waals surface area contributed by atoms with Gasteiger partial charge in [0.1, 0.15) is 0 Å². The van der Waals surface area contributed by atoms with Crippen LogP contribution in [0.5, 0.6) is 0 Å². The average Bonchev–Trinajstić information content (AvgIpc) is 1.89. The van der Waals surface area contributed by atoms with Gasteiger partial charge < -0.3 is 10.1 Å². The topological polar surface area (TPSA) is 21.3 Å². The highest BCUT2D eigenvalue weighted by Gasteiger charge is 2.32. The van der Waals surface area contributed by atoms with Gasteiger partial charge in [0.25, 0.3) is 0 Å². The van der Waals surface area contributed by atoms with Gasteiger partial charge in [0.05, 0.1) is 12.7 Å². The molecule has 2 fully saturated rings. The van der Waals surface area contributed by atoms with Gasteiger partial charge in [0.15, 0.2) is 0 Å². The molecule has 10 heavy (non-hydrogen) atoms. The van der Waals surface area contributed by atoms with E-state index in [1.165, 1.54) is 18.7 Å². The summed E-state index contributed by atoms with van der Waals surface area (Å²) in [6.07, 6.45) is 1.88. The van der Waals surface area contributed by atoms with E-state index in [-0.39, 0.29) is 0 Å². The first-order valence-corrected chi connectivity index (χ1v) is 4.95. The molecule has 2 rings (SSSR count). The normalized spacial score (nSPS) is 40.8. The summed E-state index contributed by atoms with van der Waals surface area (Å²) in [7, 11) is 0. The molecule has 0 aromatic heterocycles. The van der Waals surface area contributed by atoms with E-state index in [0.29, 0.717) is 6.10 Å². The molecule has 0 aromatic carbocycles. The fourth-order valence-electron chi connectivity index (χ4n) is 1.39. The maximum absolute atomic E-state index is 5.60. The maximum Gasteiger partial charge on any atom is 0.0785 e. The molecule has 0 amide bonds. The third-order valence-electron chi connectivity index (χ3n) is 2.11. The fraction of sp³-hybridized carbons (Fsp3) is 1.00. The summed E-state index contributed by atoms with van der Waals surface area (Å²) in [5.41, 5.74) is 0. The predicted octanol–water partition coefficient (Wildman–Crippen LogP) is 0.480. The highest BCUT2D eigenvalue weighted by atomic mass is 32.2. The number of fused-ring (bicyclic) bond motifs is 1. The van der Waals surface area contributed by atoms with Crippen LogP contribution in [0.15, 0.2) is 0 Å². The van der Waals surface area contributed by atoms with Crippen LogP contribution in [0, 0.1) is 0 Å². The van der Waals surface area contributed by atoms with Gasteiger partial charge in [0, 0.05) is 17.5 Å². The third-order valence-corrected chi connectivity index (χ3v) is 3.59. The number of rotatable bonds is 0. The van der Waals surface area contributed by atoms with E-state index in [2.05, 4.69) is 5.32 Å². The molecule has 2 nitrogen and oxygen atoms in total. The Morgan fingerprint density at radius 1 is 1.40 bits per heavy atom. The molecule has 2 saturated heterocycles. The first-order chi connectivity index (χ1) is 4.97. The van der Waals surface area contributed by atoms with Crippen LogP contribution in [0.25, 0.3) is 0 Å². The first-order valence-electron chi connectivity index (χ1n) is 3.91. The zero-order chi connectivity index (χ0) is 6.81. The Kier molecular flexibility index (Phi) is 2.16. The molecule has 58 valence electrons. The lowest BCUT2D eigenvalue weighted by Gasteiger charge is -2.37. The van der Waals surface area contributed by atoms with Gasteiger partial charge >= 0.3 is 0 Å². The summed E-state index contributed by atoms with van der Waals surface area (Å²) in [6, 6.07) is 0. The van der Waals surface area contributed by atoms with E-state index in [4.69, 9.17) is 4.74 Å². The van der Waals surface area contributed by atoms with Crippen LogP contribution in [0.4, 0.5) is 0 Å². The number of ether oxygens (including phenoxy) is 1. The van der Waals surface area contributed by atoms with Crippen LogP contribution < -0.4 is 5.32 Å². The molecule has 2 unspecified atom stereocenters. The van der Waals surface area contributed by atoms with Crippen LogP contribution in [-0.4, -0.2) is 36.8 Å². The lowest BCUT2D eigenvalue weighted by atomic mass is 10.2. The van der Waals surface area contributed by atoms with Crippen LogP contribution in [0.3, 0.4) is 0 Å². The SMILES string of the molecule is C1COC2CSC2CCN1. The minimum Gasteiger partial charge on any atom is -0.375 e. The molecule has 2 aliphatic rings. The van der Waals surface area contributed by atoms with E-state index >= 15 is 0 Å². The molecule has 0 aliphatic carbocycles. The van der Waals surface area contributed by atoms with E-state index in [1.54, 1.807) is 0 Å². The largest absolute Gasteiger partial charge is 0.375 e. The molecule has 0 radical (unpaired) electrons. The smallest absolute Gasteiger partial charge is 0.0785 e. The Morgan fingerprint density at radius 2 is 2.40 bits per heavy atom. The van der Waals surface area contributed by atoms with Crippen molar-refractivity contribution in [3.8, 4) is 0 Å². The van der Waals surface area contributed by atoms with Crippen molar-refractivity contribution in [1.82, 2.24) is 5.32 Å². The van der Waals surface area contributed by atoms with E-state index in [0.717, 1.165) is 18.4 Å². The second kappa shape index (κ2) is 3.11. The molecule has 2 atom stereocenters. The Bertz CT molecular complexity index is 106. The average molecular weight is 159 g/mol. The van der Waals surface area contributed by atoms with E-state index < -0.39 is 0 Å². The van der Waals surface area contributed by atoms with Crippen LogP contribution in [0.1, 0.15) is 6.42 Å². The Labute approximate surface area is 65.7 Å². The van der Waals surface area contributed by atoms with Crippen molar-refractivity contribution >= 4 is 11.8 Å². The molecule has 0 aromatic rings. The highest BCUT2D eigenvalue weighted by Crippen LogP contribution is 2.33. The van der Waals surface area contributed by atoms with Gasteiger partial charge in [-0.1, -0.05) is 0 Å². The summed E-state index contributed by atoms with van der Waals surface area (Å²) in [6.45, 7) is 3.12. The molecule has 1 N–H and O–H groups in total. The molecule has 3 heteroatoms. The van der Waals surface area contributed by atoms with Crippen LogP contribution in [-0.2, 0) is 4.74 Å². The minimum absolute atomic E-state index is 0.590. The second-order valence-corrected chi connectivity index (χ2v) is 4.09. The van der Waals surface area contributed by atoms with Crippen molar-refractivity contribution in [2.45, 2.75) is 17.8 Å². The van der Waals surface area contributed by atoms with E-state index in [9.17, 15) is 0 Å². The Balaban J connectivity index is 1.83. The first kappa shape index (κ1) is 6.95. The summed E-state index contributed by atoms with van der Waals surface area (Å²) in [4.78, 5) is 0. The molecule has 2 aliphatic heterocycles. The van der Waals surface area contributed by atoms with Gasteiger partial charge in [-0.25, -0.2) is 0 Å². The third kappa shape index (κ3) is 1.31. The van der Waals surface area contributed by atoms with Crippen molar-refractivity contribution in [2.24, 2.45) is 0 Å². The van der Waals surface area contributed by atoms with Crippen LogP contribution in [0.2, 0.25) is 0 Å². The minimum atomic E-state index is 0.590. The number of hydrogen-bond acceptors (Lipinski definition) is 3. The molecular weight excluding hydrogens is 146 g/mol. The molecule has 0 saturated carbocycles. The molecule has 2 heterocycles. The van der Waals surface area contributed by atoms with Gasteiger partial charge in [-0.05, 0) is 13.0 Å². The summed E-state index contributed by atoms with van der Waals surface area (Å²) >= 11 is 2.05. The quantitative estimate of drug-likeness (QED) is 0.555. The van der Waals surface area contributed by atoms with Crippen molar-refractivity contribution in [2.75, 3.05) is 25.4 Å². The van der Waals surface area contributed by atoms with E-state index in [1.807, 2.05) is 11.8 Å². The standard InChI is InChI=1S/C7H13NOS/c1-2-8-3-4-9-6-5-10-7(1)6/h6-8H,1-5H2. The van der Waals surface area contributed by atoms with Gasteiger partial charge in [-0.2, -0.15) is 11.8 Å². The number of nitrogens with one attached hydrogen (secondary N) is 1. The van der Waals surface area contributed by atoms with Crippen molar-refractivity contribution in [3.63, 3.8) is 0 Å². The van der Waals surface area contributed by atoms with Crippen molar-refractivity contribution < 1.29 is 4.74 Å².